The van der Waals surface area contributed by atoms with E-state index in [-0.39, 0.29) is 0 Å². The molecule has 3 heteroatoms. The minimum absolute atomic E-state index is 0.914. The number of furan rings is 1. The van der Waals surface area contributed by atoms with Crippen LogP contribution in [0.4, 0.5) is 0 Å². The van der Waals surface area contributed by atoms with Crippen LogP contribution in [0.25, 0.3) is 60.6 Å². The fourth-order valence-electron chi connectivity index (χ4n) is 8.25. The van der Waals surface area contributed by atoms with E-state index in [1.807, 2.05) is 12.1 Å². The van der Waals surface area contributed by atoms with E-state index >= 15 is 0 Å². The van der Waals surface area contributed by atoms with E-state index in [9.17, 15) is 0 Å². The monoisotopic (exact) mass is 667 g/mol. The van der Waals surface area contributed by atoms with Crippen LogP contribution in [0.3, 0.4) is 0 Å². The first-order valence-electron chi connectivity index (χ1n) is 17.5. The molecule has 2 heterocycles. The van der Waals surface area contributed by atoms with Crippen molar-refractivity contribution in [3.63, 3.8) is 0 Å². The Morgan fingerprint density at radius 2 is 0.843 bits per heavy atom. The van der Waals surface area contributed by atoms with Crippen molar-refractivity contribution in [1.29, 1.82) is 0 Å². The molecule has 0 radical (unpaired) electrons. The van der Waals surface area contributed by atoms with Gasteiger partial charge in [0.25, 0.3) is 0 Å². The van der Waals surface area contributed by atoms with Gasteiger partial charge in [-0.05, 0) is 74.3 Å². The highest BCUT2D eigenvalue weighted by molar-refractivity contribution is 7.20. The largest absolute Gasteiger partial charge is 0.456 e. The molecule has 0 unspecified atom stereocenters. The predicted molar refractivity (Wildman–Crippen MR) is 217 cm³/mol. The first kappa shape index (κ1) is 29.5. The van der Waals surface area contributed by atoms with Gasteiger partial charge in [0.05, 0.1) is 11.0 Å². The fourth-order valence-corrected chi connectivity index (χ4v) is 13.0. The van der Waals surface area contributed by atoms with E-state index in [1.165, 1.54) is 53.8 Å². The van der Waals surface area contributed by atoms with E-state index in [1.54, 1.807) is 0 Å². The van der Waals surface area contributed by atoms with Crippen LogP contribution in [-0.2, 0) is 0 Å². The van der Waals surface area contributed by atoms with Crippen molar-refractivity contribution in [2.24, 2.45) is 0 Å². The molecule has 0 N–H and O–H groups in total. The highest BCUT2D eigenvalue weighted by atomic mass is 28.3. The van der Waals surface area contributed by atoms with Gasteiger partial charge in [-0.25, -0.2) is 0 Å². The number of nitrogens with zero attached hydrogens (tertiary/aromatic N) is 1. The normalized spacial score (nSPS) is 11.9. The molecule has 0 amide bonds. The average Bonchev–Trinajstić information content (AvgIpc) is 3.75. The molecule has 0 atom stereocenters. The maximum absolute atomic E-state index is 6.27. The van der Waals surface area contributed by atoms with E-state index in [2.05, 4.69) is 193 Å². The molecular weight excluding hydrogens is 635 g/mol. The smallest absolute Gasteiger partial charge is 0.179 e. The Kier molecular flexibility index (Phi) is 6.86. The molecule has 0 aliphatic carbocycles. The van der Waals surface area contributed by atoms with Crippen LogP contribution in [0.5, 0.6) is 0 Å². The Morgan fingerprint density at radius 3 is 1.57 bits per heavy atom. The quantitative estimate of drug-likeness (QED) is 0.128. The molecular formula is C48H33NOSi. The molecule has 2 aromatic heterocycles. The molecule has 0 aliphatic heterocycles. The number of para-hydroxylation sites is 3. The van der Waals surface area contributed by atoms with Gasteiger partial charge < -0.3 is 8.98 Å². The Morgan fingerprint density at radius 1 is 0.333 bits per heavy atom. The first-order chi connectivity index (χ1) is 25.3. The van der Waals surface area contributed by atoms with Gasteiger partial charge in [-0.1, -0.05) is 158 Å². The van der Waals surface area contributed by atoms with Gasteiger partial charge in [0.2, 0.25) is 0 Å². The van der Waals surface area contributed by atoms with Gasteiger partial charge in [0.1, 0.15) is 11.2 Å². The number of fused-ring (bicyclic) bond motifs is 6. The van der Waals surface area contributed by atoms with Crippen molar-refractivity contribution in [1.82, 2.24) is 4.57 Å². The Balaban J connectivity index is 1.21. The molecule has 0 fully saturated rings. The zero-order valence-corrected chi connectivity index (χ0v) is 28.9. The standard InChI is InChI=1S/C48H33NOSi/c1-4-14-36(15-5-1)49-45-22-12-10-20-41(45)42-31-29-40(33-46(42)49)51(37-16-6-2-7-17-37,38-18-8-3-9-19-38)39-27-24-34(25-28-39)35-26-30-44-43-21-11-13-23-47(43)50-48(44)32-35/h1-33H. The number of aromatic nitrogens is 1. The molecule has 0 aliphatic rings. The van der Waals surface area contributed by atoms with Crippen molar-refractivity contribution in [3.8, 4) is 16.8 Å². The number of benzene rings is 8. The Bertz CT molecular complexity index is 2800. The summed E-state index contributed by atoms with van der Waals surface area (Å²) >= 11 is 0. The first-order valence-corrected chi connectivity index (χ1v) is 19.5. The third kappa shape index (κ3) is 4.63. The minimum atomic E-state index is -2.81. The number of hydrogen-bond donors (Lipinski definition) is 0. The van der Waals surface area contributed by atoms with Crippen LogP contribution in [0.15, 0.2) is 205 Å². The van der Waals surface area contributed by atoms with Crippen LogP contribution in [-0.4, -0.2) is 12.6 Å². The maximum Gasteiger partial charge on any atom is 0.179 e. The molecule has 10 rings (SSSR count). The highest BCUT2D eigenvalue weighted by Gasteiger charge is 2.41. The van der Waals surface area contributed by atoms with Crippen LogP contribution < -0.4 is 20.7 Å². The summed E-state index contributed by atoms with van der Waals surface area (Å²) in [5.74, 6) is 0. The molecule has 240 valence electrons. The fraction of sp³-hybridized carbons (Fsp3) is 0. The van der Waals surface area contributed by atoms with Gasteiger partial charge in [-0.3, -0.25) is 0 Å². The highest BCUT2D eigenvalue weighted by Crippen LogP contribution is 2.33. The van der Waals surface area contributed by atoms with Gasteiger partial charge in [0, 0.05) is 27.2 Å². The lowest BCUT2D eigenvalue weighted by Gasteiger charge is -2.34. The lowest BCUT2D eigenvalue weighted by molar-refractivity contribution is 0.669. The molecule has 8 aromatic carbocycles. The van der Waals surface area contributed by atoms with E-state index in [0.29, 0.717) is 0 Å². The van der Waals surface area contributed by atoms with E-state index in [4.69, 9.17) is 4.42 Å². The summed E-state index contributed by atoms with van der Waals surface area (Å²) in [6.45, 7) is 0. The maximum atomic E-state index is 6.27. The number of hydrogen-bond acceptors (Lipinski definition) is 1. The lowest BCUT2D eigenvalue weighted by Crippen LogP contribution is -2.74. The summed E-state index contributed by atoms with van der Waals surface area (Å²) in [7, 11) is -2.81. The number of rotatable bonds is 6. The van der Waals surface area contributed by atoms with Crippen LogP contribution >= 0.6 is 0 Å². The van der Waals surface area contributed by atoms with Crippen LogP contribution in [0.2, 0.25) is 0 Å². The van der Waals surface area contributed by atoms with Crippen LogP contribution in [0, 0.1) is 0 Å². The Labute approximate surface area is 297 Å². The molecule has 0 spiro atoms. The summed E-state index contributed by atoms with van der Waals surface area (Å²) in [4.78, 5) is 0. The minimum Gasteiger partial charge on any atom is -0.456 e. The zero-order valence-electron chi connectivity index (χ0n) is 27.9. The van der Waals surface area contributed by atoms with E-state index < -0.39 is 8.07 Å². The second kappa shape index (κ2) is 11.9. The van der Waals surface area contributed by atoms with Crippen molar-refractivity contribution in [3.05, 3.63) is 200 Å². The summed E-state index contributed by atoms with van der Waals surface area (Å²) in [6, 6.07) is 73.3. The third-order valence-electron chi connectivity index (χ3n) is 10.6. The average molecular weight is 668 g/mol. The molecule has 0 saturated carbocycles. The van der Waals surface area contributed by atoms with Crippen molar-refractivity contribution in [2.45, 2.75) is 0 Å². The molecule has 0 saturated heterocycles. The van der Waals surface area contributed by atoms with Gasteiger partial charge >= 0.3 is 0 Å². The topological polar surface area (TPSA) is 18.1 Å². The van der Waals surface area contributed by atoms with Crippen molar-refractivity contribution >= 4 is 72.6 Å². The van der Waals surface area contributed by atoms with Crippen molar-refractivity contribution < 1.29 is 4.42 Å². The SMILES string of the molecule is c1ccc(-n2c3ccccc3c3ccc([Si](c4ccccc4)(c4ccccc4)c4ccc(-c5ccc6c(c5)oc5ccccc56)cc4)cc32)cc1. The lowest BCUT2D eigenvalue weighted by atomic mass is 10.0. The second-order valence-electron chi connectivity index (χ2n) is 13.3. The summed E-state index contributed by atoms with van der Waals surface area (Å²) < 4.78 is 8.70. The summed E-state index contributed by atoms with van der Waals surface area (Å²) in [5.41, 5.74) is 7.76. The third-order valence-corrected chi connectivity index (χ3v) is 15.3. The van der Waals surface area contributed by atoms with Crippen LogP contribution in [0.1, 0.15) is 0 Å². The zero-order chi connectivity index (χ0) is 33.8. The van der Waals surface area contributed by atoms with Gasteiger partial charge in [-0.2, -0.15) is 0 Å². The second-order valence-corrected chi connectivity index (χ2v) is 17.1. The Hall–Kier alpha value is -6.42. The van der Waals surface area contributed by atoms with Gasteiger partial charge in [-0.15, -0.1) is 0 Å². The van der Waals surface area contributed by atoms with Gasteiger partial charge in [0.15, 0.2) is 8.07 Å². The summed E-state index contributed by atoms with van der Waals surface area (Å²) in [6.07, 6.45) is 0. The van der Waals surface area contributed by atoms with Crippen molar-refractivity contribution in [2.75, 3.05) is 0 Å². The van der Waals surface area contributed by atoms with E-state index in [0.717, 1.165) is 27.5 Å². The molecule has 10 aromatic rings. The molecule has 0 bridgehead atoms. The molecule has 51 heavy (non-hydrogen) atoms. The summed E-state index contributed by atoms with van der Waals surface area (Å²) in [5, 5.41) is 10.2. The molecule has 2 nitrogen and oxygen atoms in total. The predicted octanol–water partition coefficient (Wildman–Crippen LogP) is 9.73.